The Morgan fingerprint density at radius 3 is 2.71 bits per heavy atom. The van der Waals surface area contributed by atoms with E-state index in [4.69, 9.17) is 5.11 Å². The van der Waals surface area contributed by atoms with Crippen LogP contribution in [0.2, 0.25) is 0 Å². The summed E-state index contributed by atoms with van der Waals surface area (Å²) < 4.78 is 26.4. The number of aryl methyl sites for hydroxylation is 1. The van der Waals surface area contributed by atoms with Crippen molar-refractivity contribution in [3.05, 3.63) is 12.3 Å². The highest BCUT2D eigenvalue weighted by atomic mass is 32.2. The summed E-state index contributed by atoms with van der Waals surface area (Å²) in [6, 6.07) is 1.41. The fourth-order valence-electron chi connectivity index (χ4n) is 1.35. The second-order valence-electron chi connectivity index (χ2n) is 3.62. The number of hydrogen-bond donors (Lipinski definition) is 1. The van der Waals surface area contributed by atoms with Gasteiger partial charge in [-0.25, -0.2) is 8.42 Å². The minimum absolute atomic E-state index is 0.0504. The van der Waals surface area contributed by atoms with Crippen LogP contribution in [0, 0.1) is 0 Å². The first kappa shape index (κ1) is 13.7. The van der Waals surface area contributed by atoms with Gasteiger partial charge in [0.05, 0.1) is 6.20 Å². The van der Waals surface area contributed by atoms with E-state index in [-0.39, 0.29) is 24.4 Å². The molecule has 0 bridgehead atoms. The molecule has 1 heterocycles. The molecule has 1 rings (SSSR count). The van der Waals surface area contributed by atoms with Crippen LogP contribution < -0.4 is 0 Å². The molecule has 8 heteroatoms. The van der Waals surface area contributed by atoms with Gasteiger partial charge in [0.25, 0.3) is 10.0 Å². The number of carbonyl (C=O) groups is 1. The first-order valence-corrected chi connectivity index (χ1v) is 6.46. The molecule has 0 aromatic carbocycles. The Morgan fingerprint density at radius 1 is 1.59 bits per heavy atom. The second kappa shape index (κ2) is 5.28. The Kier molecular flexibility index (Phi) is 4.24. The summed E-state index contributed by atoms with van der Waals surface area (Å²) in [5.41, 5.74) is 0. The molecule has 0 aliphatic heterocycles. The highest BCUT2D eigenvalue weighted by molar-refractivity contribution is 7.89. The largest absolute Gasteiger partial charge is 0.481 e. The van der Waals surface area contributed by atoms with E-state index in [1.807, 2.05) is 0 Å². The predicted octanol–water partition coefficient (Wildman–Crippen LogP) is -0.0946. The zero-order chi connectivity index (χ0) is 13.1. The normalized spacial score (nSPS) is 11.9. The monoisotopic (exact) mass is 261 g/mol. The highest BCUT2D eigenvalue weighted by Gasteiger charge is 2.23. The Balaban J connectivity index is 2.71. The number of hydrogen-bond acceptors (Lipinski definition) is 4. The average molecular weight is 261 g/mol. The lowest BCUT2D eigenvalue weighted by Gasteiger charge is -2.16. The lowest BCUT2D eigenvalue weighted by Crippen LogP contribution is -2.29. The van der Waals surface area contributed by atoms with Crippen molar-refractivity contribution in [1.82, 2.24) is 14.1 Å². The molecule has 0 fully saturated rings. The van der Waals surface area contributed by atoms with Gasteiger partial charge in [0.1, 0.15) is 0 Å². The van der Waals surface area contributed by atoms with Gasteiger partial charge >= 0.3 is 5.97 Å². The molecule has 96 valence electrons. The summed E-state index contributed by atoms with van der Waals surface area (Å²) in [5, 5.41) is 12.4. The van der Waals surface area contributed by atoms with E-state index in [1.165, 1.54) is 31.0 Å². The maximum absolute atomic E-state index is 12.0. The number of aliphatic carboxylic acids is 1. The second-order valence-corrected chi connectivity index (χ2v) is 5.61. The molecule has 0 spiro atoms. The van der Waals surface area contributed by atoms with Crippen molar-refractivity contribution in [3.63, 3.8) is 0 Å². The standard InChI is InChI=1S/C9H15N3O4S/c1-11(7-3-4-9(13)14)17(15,16)8-5-6-10-12(8)2/h5-6H,3-4,7H2,1-2H3,(H,13,14). The first-order valence-electron chi connectivity index (χ1n) is 5.02. The first-order chi connectivity index (χ1) is 7.85. The number of nitrogens with zero attached hydrogens (tertiary/aromatic N) is 3. The third-order valence-corrected chi connectivity index (χ3v) is 4.25. The van der Waals surface area contributed by atoms with Crippen LogP contribution in [-0.4, -0.2) is 47.2 Å². The van der Waals surface area contributed by atoms with Crippen molar-refractivity contribution < 1.29 is 18.3 Å². The van der Waals surface area contributed by atoms with Gasteiger partial charge in [0, 0.05) is 27.1 Å². The third-order valence-electron chi connectivity index (χ3n) is 2.31. The summed E-state index contributed by atoms with van der Waals surface area (Å²) in [6.07, 6.45) is 1.63. The third kappa shape index (κ3) is 3.27. The van der Waals surface area contributed by atoms with Gasteiger partial charge in [-0.3, -0.25) is 9.48 Å². The molecular weight excluding hydrogens is 246 g/mol. The lowest BCUT2D eigenvalue weighted by molar-refractivity contribution is -0.137. The van der Waals surface area contributed by atoms with Crippen molar-refractivity contribution in [3.8, 4) is 0 Å². The van der Waals surface area contributed by atoms with Crippen molar-refractivity contribution in [2.45, 2.75) is 17.9 Å². The van der Waals surface area contributed by atoms with Crippen LogP contribution in [0.4, 0.5) is 0 Å². The summed E-state index contributed by atoms with van der Waals surface area (Å²) in [4.78, 5) is 10.3. The van der Waals surface area contributed by atoms with Crippen LogP contribution in [0.15, 0.2) is 17.3 Å². The maximum Gasteiger partial charge on any atom is 0.303 e. The summed E-state index contributed by atoms with van der Waals surface area (Å²) >= 11 is 0. The highest BCUT2D eigenvalue weighted by Crippen LogP contribution is 2.13. The summed E-state index contributed by atoms with van der Waals surface area (Å²) in [7, 11) is -0.623. The SMILES string of the molecule is CN(CCCC(=O)O)S(=O)(=O)c1ccnn1C. The number of carboxylic acid groups (broad SMARTS) is 1. The van der Waals surface area contributed by atoms with Crippen molar-refractivity contribution >= 4 is 16.0 Å². The minimum Gasteiger partial charge on any atom is -0.481 e. The smallest absolute Gasteiger partial charge is 0.303 e. The van der Waals surface area contributed by atoms with E-state index in [1.54, 1.807) is 0 Å². The fourth-order valence-corrected chi connectivity index (χ4v) is 2.65. The maximum atomic E-state index is 12.0. The molecule has 0 atom stereocenters. The van der Waals surface area contributed by atoms with Crippen LogP contribution in [0.3, 0.4) is 0 Å². The van der Waals surface area contributed by atoms with Gasteiger partial charge in [0.2, 0.25) is 0 Å². The Hall–Kier alpha value is -1.41. The van der Waals surface area contributed by atoms with Crippen LogP contribution in [0.5, 0.6) is 0 Å². The fraction of sp³-hybridized carbons (Fsp3) is 0.556. The van der Waals surface area contributed by atoms with Crippen LogP contribution >= 0.6 is 0 Å². The topological polar surface area (TPSA) is 92.5 Å². The molecule has 0 amide bonds. The predicted molar refractivity (Wildman–Crippen MR) is 59.9 cm³/mol. The Morgan fingerprint density at radius 2 is 2.24 bits per heavy atom. The zero-order valence-corrected chi connectivity index (χ0v) is 10.5. The number of rotatable bonds is 6. The minimum atomic E-state index is -3.58. The van der Waals surface area contributed by atoms with Gasteiger partial charge in [-0.1, -0.05) is 0 Å². The van der Waals surface area contributed by atoms with Crippen LogP contribution in [-0.2, 0) is 21.9 Å². The van der Waals surface area contributed by atoms with Gasteiger partial charge in [-0.2, -0.15) is 9.40 Å². The van der Waals surface area contributed by atoms with Crippen LogP contribution in [0.1, 0.15) is 12.8 Å². The molecule has 0 saturated heterocycles. The van der Waals surface area contributed by atoms with Crippen LogP contribution in [0.25, 0.3) is 0 Å². The van der Waals surface area contributed by atoms with E-state index in [2.05, 4.69) is 5.10 Å². The lowest BCUT2D eigenvalue weighted by atomic mass is 10.3. The van der Waals surface area contributed by atoms with Gasteiger partial charge in [-0.05, 0) is 12.5 Å². The van der Waals surface area contributed by atoms with E-state index in [0.29, 0.717) is 0 Å². The van der Waals surface area contributed by atoms with E-state index in [0.717, 1.165) is 4.31 Å². The molecule has 1 N–H and O–H groups in total. The Bertz CT molecular complexity index is 494. The number of aromatic nitrogens is 2. The number of carboxylic acids is 1. The van der Waals surface area contributed by atoms with Gasteiger partial charge in [0.15, 0.2) is 5.03 Å². The quantitative estimate of drug-likeness (QED) is 0.772. The molecule has 0 saturated carbocycles. The molecule has 1 aromatic heterocycles. The summed E-state index contributed by atoms with van der Waals surface area (Å²) in [5.74, 6) is -0.934. The Labute approximate surface area is 99.7 Å². The molecule has 0 unspecified atom stereocenters. The van der Waals surface area contributed by atoms with Gasteiger partial charge in [-0.15, -0.1) is 0 Å². The molecule has 1 aromatic rings. The molecule has 17 heavy (non-hydrogen) atoms. The van der Waals surface area contributed by atoms with Crippen molar-refractivity contribution in [2.24, 2.45) is 7.05 Å². The average Bonchev–Trinajstić information content (AvgIpc) is 2.64. The molecular formula is C9H15N3O4S. The van der Waals surface area contributed by atoms with Crippen molar-refractivity contribution in [1.29, 1.82) is 0 Å². The van der Waals surface area contributed by atoms with E-state index in [9.17, 15) is 13.2 Å². The molecule has 7 nitrogen and oxygen atoms in total. The molecule has 0 aliphatic carbocycles. The zero-order valence-electron chi connectivity index (χ0n) is 9.70. The van der Waals surface area contributed by atoms with E-state index >= 15 is 0 Å². The van der Waals surface area contributed by atoms with Gasteiger partial charge < -0.3 is 5.11 Å². The van der Waals surface area contributed by atoms with E-state index < -0.39 is 16.0 Å². The summed E-state index contributed by atoms with van der Waals surface area (Å²) in [6.45, 7) is 0.166. The number of sulfonamides is 1. The van der Waals surface area contributed by atoms with Crippen molar-refractivity contribution in [2.75, 3.05) is 13.6 Å². The molecule has 0 aliphatic rings. The molecule has 0 radical (unpaired) electrons.